The van der Waals surface area contributed by atoms with Crippen molar-refractivity contribution in [1.29, 1.82) is 0 Å². The Bertz CT molecular complexity index is 801. The van der Waals surface area contributed by atoms with Gasteiger partial charge in [0.1, 0.15) is 0 Å². The Balaban J connectivity index is 1.84. The number of thiazole rings is 1. The third-order valence-electron chi connectivity index (χ3n) is 3.51. The fraction of sp³-hybridized carbons (Fsp3) is 0.176. The van der Waals surface area contributed by atoms with Crippen molar-refractivity contribution in [2.45, 2.75) is 20.3 Å². The maximum absolute atomic E-state index is 12.3. The van der Waals surface area contributed by atoms with E-state index in [2.05, 4.69) is 17.2 Å². The molecular weight excluding hydrogens is 316 g/mol. The lowest BCUT2D eigenvalue weighted by atomic mass is 10.1. The van der Waals surface area contributed by atoms with Crippen molar-refractivity contribution >= 4 is 44.2 Å². The van der Waals surface area contributed by atoms with Gasteiger partial charge in [0.2, 0.25) is 0 Å². The van der Waals surface area contributed by atoms with Gasteiger partial charge < -0.3 is 0 Å². The van der Waals surface area contributed by atoms with E-state index < -0.39 is 0 Å². The number of aromatic nitrogens is 1. The molecule has 3 nitrogen and oxygen atoms in total. The van der Waals surface area contributed by atoms with Crippen LogP contribution in [0.2, 0.25) is 5.02 Å². The van der Waals surface area contributed by atoms with Crippen LogP contribution in [0.5, 0.6) is 0 Å². The van der Waals surface area contributed by atoms with Gasteiger partial charge in [-0.3, -0.25) is 10.1 Å². The Morgan fingerprint density at radius 1 is 1.27 bits per heavy atom. The van der Waals surface area contributed by atoms with Crippen molar-refractivity contribution in [1.82, 2.24) is 4.98 Å². The molecule has 0 aliphatic rings. The molecule has 5 heteroatoms. The second-order valence-corrected chi connectivity index (χ2v) is 6.53. The van der Waals surface area contributed by atoms with Crippen molar-refractivity contribution in [3.63, 3.8) is 0 Å². The molecule has 0 radical (unpaired) electrons. The Labute approximate surface area is 138 Å². The molecule has 0 unspecified atom stereocenters. The van der Waals surface area contributed by atoms with Gasteiger partial charge in [-0.15, -0.1) is 0 Å². The number of carbonyl (C=O) groups is 1. The Morgan fingerprint density at radius 2 is 2.00 bits per heavy atom. The number of carbonyl (C=O) groups excluding carboxylic acids is 1. The van der Waals surface area contributed by atoms with Crippen molar-refractivity contribution in [2.75, 3.05) is 5.32 Å². The van der Waals surface area contributed by atoms with E-state index in [0.29, 0.717) is 15.7 Å². The SMILES string of the molecule is CCc1ccc(C(=O)Nc2nc3cc(Cl)c(C)cc3s2)cc1. The molecule has 0 spiro atoms. The maximum Gasteiger partial charge on any atom is 0.257 e. The molecule has 2 aromatic carbocycles. The van der Waals surface area contributed by atoms with E-state index in [4.69, 9.17) is 11.6 Å². The van der Waals surface area contributed by atoms with Crippen molar-refractivity contribution in [3.05, 3.63) is 58.1 Å². The number of aryl methyl sites for hydroxylation is 2. The minimum absolute atomic E-state index is 0.149. The van der Waals surface area contributed by atoms with Crippen LogP contribution in [0.15, 0.2) is 36.4 Å². The zero-order valence-corrected chi connectivity index (χ0v) is 13.9. The average molecular weight is 331 g/mol. The fourth-order valence-electron chi connectivity index (χ4n) is 2.16. The Morgan fingerprint density at radius 3 is 2.68 bits per heavy atom. The predicted octanol–water partition coefficient (Wildman–Crippen LogP) is 5.07. The Kier molecular flexibility index (Phi) is 4.14. The zero-order chi connectivity index (χ0) is 15.7. The van der Waals surface area contributed by atoms with Gasteiger partial charge in [-0.25, -0.2) is 4.98 Å². The van der Waals surface area contributed by atoms with Crippen LogP contribution in [0.3, 0.4) is 0 Å². The number of amides is 1. The molecule has 1 heterocycles. The molecule has 0 atom stereocenters. The van der Waals surface area contributed by atoms with E-state index in [9.17, 15) is 4.79 Å². The summed E-state index contributed by atoms with van der Waals surface area (Å²) in [5, 5.41) is 4.12. The number of hydrogen-bond acceptors (Lipinski definition) is 3. The fourth-order valence-corrected chi connectivity index (χ4v) is 3.26. The van der Waals surface area contributed by atoms with Crippen molar-refractivity contribution in [3.8, 4) is 0 Å². The summed E-state index contributed by atoms with van der Waals surface area (Å²) in [5.41, 5.74) is 3.65. The molecule has 112 valence electrons. The van der Waals surface area contributed by atoms with Crippen LogP contribution < -0.4 is 5.32 Å². The molecule has 0 bridgehead atoms. The highest BCUT2D eigenvalue weighted by Gasteiger charge is 2.11. The van der Waals surface area contributed by atoms with Gasteiger partial charge >= 0.3 is 0 Å². The monoisotopic (exact) mass is 330 g/mol. The van der Waals surface area contributed by atoms with Gasteiger partial charge in [0.15, 0.2) is 5.13 Å². The summed E-state index contributed by atoms with van der Waals surface area (Å²) in [5.74, 6) is -0.149. The minimum atomic E-state index is -0.149. The van der Waals surface area contributed by atoms with Gasteiger partial charge in [-0.1, -0.05) is 42.0 Å². The lowest BCUT2D eigenvalue weighted by Crippen LogP contribution is -2.11. The molecule has 3 rings (SSSR count). The van der Waals surface area contributed by atoms with Gasteiger partial charge in [0, 0.05) is 10.6 Å². The number of fused-ring (bicyclic) bond motifs is 1. The summed E-state index contributed by atoms with van der Waals surface area (Å²) in [7, 11) is 0. The van der Waals surface area contributed by atoms with E-state index in [1.54, 1.807) is 0 Å². The number of rotatable bonds is 3. The van der Waals surface area contributed by atoms with Crippen LogP contribution >= 0.6 is 22.9 Å². The number of benzene rings is 2. The second kappa shape index (κ2) is 6.07. The highest BCUT2D eigenvalue weighted by atomic mass is 35.5. The lowest BCUT2D eigenvalue weighted by Gasteiger charge is -2.02. The first-order valence-electron chi connectivity index (χ1n) is 7.04. The number of halogens is 1. The van der Waals surface area contributed by atoms with E-state index in [1.165, 1.54) is 16.9 Å². The third-order valence-corrected chi connectivity index (χ3v) is 4.85. The molecule has 1 aromatic heterocycles. The largest absolute Gasteiger partial charge is 0.298 e. The molecule has 0 fully saturated rings. The first-order chi connectivity index (χ1) is 10.6. The summed E-state index contributed by atoms with van der Waals surface area (Å²) in [6.07, 6.45) is 0.958. The van der Waals surface area contributed by atoms with E-state index in [0.717, 1.165) is 22.2 Å². The van der Waals surface area contributed by atoms with Gasteiger partial charge in [-0.05, 0) is 48.7 Å². The standard InChI is InChI=1S/C17H15ClN2OS/c1-3-11-4-6-12(7-5-11)16(21)20-17-19-14-9-13(18)10(2)8-15(14)22-17/h4-9H,3H2,1-2H3,(H,19,20,21). The van der Waals surface area contributed by atoms with Crippen molar-refractivity contribution in [2.24, 2.45) is 0 Å². The molecule has 0 aliphatic carbocycles. The van der Waals surface area contributed by atoms with Gasteiger partial charge in [0.25, 0.3) is 5.91 Å². The molecule has 3 aromatic rings. The molecule has 1 amide bonds. The summed E-state index contributed by atoms with van der Waals surface area (Å²) < 4.78 is 1.01. The summed E-state index contributed by atoms with van der Waals surface area (Å²) >= 11 is 7.55. The highest BCUT2D eigenvalue weighted by Crippen LogP contribution is 2.30. The number of nitrogens with one attached hydrogen (secondary N) is 1. The van der Waals surface area contributed by atoms with Gasteiger partial charge in [0.05, 0.1) is 10.2 Å². The van der Waals surface area contributed by atoms with E-state index in [-0.39, 0.29) is 5.91 Å². The van der Waals surface area contributed by atoms with Crippen LogP contribution in [0.4, 0.5) is 5.13 Å². The zero-order valence-electron chi connectivity index (χ0n) is 12.3. The third kappa shape index (κ3) is 2.98. The molecule has 0 aliphatic heterocycles. The lowest BCUT2D eigenvalue weighted by molar-refractivity contribution is 0.102. The first-order valence-corrected chi connectivity index (χ1v) is 8.23. The molecular formula is C17H15ClN2OS. The number of hydrogen-bond donors (Lipinski definition) is 1. The second-order valence-electron chi connectivity index (χ2n) is 5.09. The highest BCUT2D eigenvalue weighted by molar-refractivity contribution is 7.22. The van der Waals surface area contributed by atoms with Crippen LogP contribution in [0.1, 0.15) is 28.4 Å². The van der Waals surface area contributed by atoms with Crippen molar-refractivity contribution < 1.29 is 4.79 Å². The Hall–Kier alpha value is -1.91. The maximum atomic E-state index is 12.3. The summed E-state index contributed by atoms with van der Waals surface area (Å²) in [4.78, 5) is 16.7. The molecule has 0 saturated carbocycles. The summed E-state index contributed by atoms with van der Waals surface area (Å²) in [6, 6.07) is 11.4. The number of anilines is 1. The smallest absolute Gasteiger partial charge is 0.257 e. The quantitative estimate of drug-likeness (QED) is 0.728. The molecule has 1 N–H and O–H groups in total. The van der Waals surface area contributed by atoms with Crippen LogP contribution in [0.25, 0.3) is 10.2 Å². The molecule has 0 saturated heterocycles. The van der Waals surface area contributed by atoms with E-state index >= 15 is 0 Å². The van der Waals surface area contributed by atoms with Crippen LogP contribution in [-0.4, -0.2) is 10.9 Å². The van der Waals surface area contributed by atoms with Gasteiger partial charge in [-0.2, -0.15) is 0 Å². The van der Waals surface area contributed by atoms with Crippen LogP contribution in [0, 0.1) is 6.92 Å². The van der Waals surface area contributed by atoms with Crippen LogP contribution in [-0.2, 0) is 6.42 Å². The normalized spacial score (nSPS) is 10.9. The topological polar surface area (TPSA) is 42.0 Å². The minimum Gasteiger partial charge on any atom is -0.298 e. The van der Waals surface area contributed by atoms with E-state index in [1.807, 2.05) is 43.3 Å². The first kappa shape index (κ1) is 15.0. The number of nitrogens with zero attached hydrogens (tertiary/aromatic N) is 1. The predicted molar refractivity (Wildman–Crippen MR) is 93.1 cm³/mol. The average Bonchev–Trinajstić information content (AvgIpc) is 2.89. The molecule has 22 heavy (non-hydrogen) atoms. The summed E-state index contributed by atoms with van der Waals surface area (Å²) in [6.45, 7) is 4.04.